The molecule has 0 fully saturated rings. The van der Waals surface area contributed by atoms with Gasteiger partial charge in [0.1, 0.15) is 0 Å². The van der Waals surface area contributed by atoms with Crippen LogP contribution in [0.1, 0.15) is 6.92 Å². The molecule has 0 amide bonds. The highest BCUT2D eigenvalue weighted by atomic mass is 14.9. The zero-order valence-corrected chi connectivity index (χ0v) is 5.96. The van der Waals surface area contributed by atoms with Gasteiger partial charge in [0.2, 0.25) is 0 Å². The van der Waals surface area contributed by atoms with Gasteiger partial charge in [-0.25, -0.2) is 0 Å². The van der Waals surface area contributed by atoms with Crippen LogP contribution in [0.2, 0.25) is 0 Å². The summed E-state index contributed by atoms with van der Waals surface area (Å²) in [5, 5.41) is 3.02. The highest BCUT2D eigenvalue weighted by Crippen LogP contribution is 1.91. The lowest BCUT2D eigenvalue weighted by Gasteiger charge is -2.02. The van der Waals surface area contributed by atoms with Crippen molar-refractivity contribution in [3.05, 3.63) is 23.7 Å². The van der Waals surface area contributed by atoms with Crippen molar-refractivity contribution in [2.75, 3.05) is 6.54 Å². The molecule has 1 heterocycles. The lowest BCUT2D eigenvalue weighted by molar-refractivity contribution is 1.01. The van der Waals surface area contributed by atoms with Crippen LogP contribution in [-0.4, -0.2) is 12.8 Å². The molecule has 0 unspecified atom stereocenters. The minimum atomic E-state index is 0.660. The van der Waals surface area contributed by atoms with Gasteiger partial charge in [-0.3, -0.25) is 4.99 Å². The van der Waals surface area contributed by atoms with Gasteiger partial charge in [-0.2, -0.15) is 0 Å². The zero-order chi connectivity index (χ0) is 7.40. The van der Waals surface area contributed by atoms with E-state index in [1.807, 2.05) is 13.0 Å². The Morgan fingerprint density at radius 2 is 2.50 bits per heavy atom. The Morgan fingerprint density at radius 3 is 3.30 bits per heavy atom. The summed E-state index contributed by atoms with van der Waals surface area (Å²) in [5.41, 5.74) is 7.23. The summed E-state index contributed by atoms with van der Waals surface area (Å²) in [6, 6.07) is 0. The maximum Gasteiger partial charge on any atom is 0.0658 e. The monoisotopic (exact) mass is 137 g/mol. The number of nitrogens with zero attached hydrogens (tertiary/aromatic N) is 1. The van der Waals surface area contributed by atoms with Crippen molar-refractivity contribution in [2.45, 2.75) is 6.92 Å². The third-order valence-electron chi connectivity index (χ3n) is 1.21. The fraction of sp³-hybridized carbons (Fsp3) is 0.286. The van der Waals surface area contributed by atoms with Crippen molar-refractivity contribution >= 4 is 6.21 Å². The van der Waals surface area contributed by atoms with Crippen LogP contribution in [0.3, 0.4) is 0 Å². The first-order chi connectivity index (χ1) is 4.79. The second kappa shape index (κ2) is 3.06. The summed E-state index contributed by atoms with van der Waals surface area (Å²) in [4.78, 5) is 4.03. The number of aliphatic imine (C=N–C) groups is 1. The molecule has 3 N–H and O–H groups in total. The largest absolute Gasteiger partial charge is 0.396 e. The predicted octanol–water partition coefficient (Wildman–Crippen LogP) is 0.364. The Hall–Kier alpha value is -1.25. The van der Waals surface area contributed by atoms with E-state index in [1.165, 1.54) is 0 Å². The maximum absolute atomic E-state index is 5.49. The van der Waals surface area contributed by atoms with Crippen molar-refractivity contribution in [3.8, 4) is 0 Å². The van der Waals surface area contributed by atoms with Gasteiger partial charge < -0.3 is 11.1 Å². The first kappa shape index (κ1) is 6.86. The molecule has 3 nitrogen and oxygen atoms in total. The van der Waals surface area contributed by atoms with Gasteiger partial charge in [-0.1, -0.05) is 0 Å². The normalized spacial score (nSPS) is 18.1. The Balaban J connectivity index is 2.71. The first-order valence-electron chi connectivity index (χ1n) is 3.18. The van der Waals surface area contributed by atoms with E-state index in [4.69, 9.17) is 5.73 Å². The van der Waals surface area contributed by atoms with Crippen molar-refractivity contribution < 1.29 is 0 Å². The summed E-state index contributed by atoms with van der Waals surface area (Å²) >= 11 is 0. The third-order valence-corrected chi connectivity index (χ3v) is 1.21. The fourth-order valence-corrected chi connectivity index (χ4v) is 0.641. The molecule has 0 radical (unpaired) electrons. The summed E-state index contributed by atoms with van der Waals surface area (Å²) in [5.74, 6) is 0. The number of nitrogens with two attached hydrogens (primary N) is 1. The Labute approximate surface area is 60.3 Å². The number of hydrogen-bond acceptors (Lipinski definition) is 3. The summed E-state index contributed by atoms with van der Waals surface area (Å²) in [6.45, 7) is 2.68. The topological polar surface area (TPSA) is 50.4 Å². The van der Waals surface area contributed by atoms with Gasteiger partial charge in [-0.15, -0.1) is 0 Å². The average Bonchev–Trinajstić information content (AvgIpc) is 1.90. The van der Waals surface area contributed by atoms with Crippen LogP contribution < -0.4 is 11.1 Å². The van der Waals surface area contributed by atoms with Crippen molar-refractivity contribution in [2.24, 2.45) is 10.7 Å². The van der Waals surface area contributed by atoms with Crippen molar-refractivity contribution in [1.82, 2.24) is 5.32 Å². The highest BCUT2D eigenvalue weighted by Gasteiger charge is 1.88. The average molecular weight is 137 g/mol. The number of nitrogens with one attached hydrogen (secondary N) is 1. The van der Waals surface area contributed by atoms with E-state index in [1.54, 1.807) is 12.4 Å². The van der Waals surface area contributed by atoms with Crippen LogP contribution in [0.4, 0.5) is 0 Å². The molecule has 1 rings (SSSR count). The van der Waals surface area contributed by atoms with Gasteiger partial charge in [0.25, 0.3) is 0 Å². The molecule has 0 atom stereocenters. The van der Waals surface area contributed by atoms with Gasteiger partial charge in [0.15, 0.2) is 0 Å². The minimum absolute atomic E-state index is 0.660. The van der Waals surface area contributed by atoms with E-state index in [9.17, 15) is 0 Å². The van der Waals surface area contributed by atoms with Gasteiger partial charge in [0.05, 0.1) is 12.2 Å². The molecule has 54 valence electrons. The van der Waals surface area contributed by atoms with E-state index in [0.717, 1.165) is 5.70 Å². The molecule has 10 heavy (non-hydrogen) atoms. The first-order valence-corrected chi connectivity index (χ1v) is 3.18. The van der Waals surface area contributed by atoms with E-state index in [-0.39, 0.29) is 0 Å². The molecular formula is C7H11N3. The number of rotatable bonds is 0. The smallest absolute Gasteiger partial charge is 0.0658 e. The minimum Gasteiger partial charge on any atom is -0.396 e. The lowest BCUT2D eigenvalue weighted by atomic mass is 10.4. The second-order valence-electron chi connectivity index (χ2n) is 2.17. The molecule has 0 aromatic carbocycles. The van der Waals surface area contributed by atoms with Crippen molar-refractivity contribution in [3.63, 3.8) is 0 Å². The quantitative estimate of drug-likeness (QED) is 0.506. The van der Waals surface area contributed by atoms with E-state index >= 15 is 0 Å². The fourth-order valence-electron chi connectivity index (χ4n) is 0.641. The Kier molecular flexibility index (Phi) is 2.10. The van der Waals surface area contributed by atoms with Crippen molar-refractivity contribution in [1.29, 1.82) is 0 Å². The standard InChI is InChI=1S/C7H11N3/c1-6-2-3-9-4-7(8)5-10-6/h2,4-5,10H,3,8H2,1H3. The molecule has 1 aliphatic rings. The second-order valence-corrected chi connectivity index (χ2v) is 2.17. The van der Waals surface area contributed by atoms with Crippen LogP contribution in [0.5, 0.6) is 0 Å². The molecule has 0 spiro atoms. The zero-order valence-electron chi connectivity index (χ0n) is 5.96. The van der Waals surface area contributed by atoms with E-state index in [0.29, 0.717) is 12.2 Å². The molecular weight excluding hydrogens is 126 g/mol. The Morgan fingerprint density at radius 1 is 1.70 bits per heavy atom. The Bertz CT molecular complexity index is 201. The van der Waals surface area contributed by atoms with Crippen LogP contribution in [0.25, 0.3) is 0 Å². The van der Waals surface area contributed by atoms with Crippen LogP contribution in [0.15, 0.2) is 28.7 Å². The summed E-state index contributed by atoms with van der Waals surface area (Å²) in [6.07, 6.45) is 5.38. The molecule has 0 aromatic rings. The highest BCUT2D eigenvalue weighted by molar-refractivity contribution is 5.77. The number of hydrogen-bond donors (Lipinski definition) is 2. The van der Waals surface area contributed by atoms with Crippen LogP contribution in [-0.2, 0) is 0 Å². The molecule has 0 aliphatic carbocycles. The van der Waals surface area contributed by atoms with Gasteiger partial charge in [-0.05, 0) is 13.0 Å². The van der Waals surface area contributed by atoms with Gasteiger partial charge >= 0.3 is 0 Å². The molecule has 3 heteroatoms. The molecule has 0 aromatic heterocycles. The molecule has 0 saturated heterocycles. The summed E-state index contributed by atoms with van der Waals surface area (Å²) < 4.78 is 0. The van der Waals surface area contributed by atoms with E-state index < -0.39 is 0 Å². The number of allylic oxidation sites excluding steroid dienone is 2. The summed E-state index contributed by atoms with van der Waals surface area (Å²) in [7, 11) is 0. The van der Waals surface area contributed by atoms with Gasteiger partial charge in [0, 0.05) is 18.1 Å². The molecule has 1 aliphatic heterocycles. The van der Waals surface area contributed by atoms with Crippen LogP contribution in [0, 0.1) is 0 Å². The maximum atomic E-state index is 5.49. The molecule has 0 bridgehead atoms. The SMILES string of the molecule is CC1=CCN=CC(N)=CN1. The lowest BCUT2D eigenvalue weighted by Crippen LogP contribution is -2.10. The predicted molar refractivity (Wildman–Crippen MR) is 42.5 cm³/mol. The molecule has 0 saturated carbocycles. The van der Waals surface area contributed by atoms with E-state index in [2.05, 4.69) is 10.3 Å². The van der Waals surface area contributed by atoms with Crippen LogP contribution >= 0.6 is 0 Å². The third kappa shape index (κ3) is 1.93.